The van der Waals surface area contributed by atoms with E-state index in [9.17, 15) is 0 Å². The summed E-state index contributed by atoms with van der Waals surface area (Å²) >= 11 is 0. The van der Waals surface area contributed by atoms with Crippen LogP contribution in [-0.2, 0) is 0 Å². The fraction of sp³-hybridized carbons (Fsp3) is 1.00. The Morgan fingerprint density at radius 1 is 0.556 bits per heavy atom. The van der Waals surface area contributed by atoms with Crippen molar-refractivity contribution in [3.05, 3.63) is 0 Å². The third-order valence-corrected chi connectivity index (χ3v) is 4.90. The zero-order valence-electron chi connectivity index (χ0n) is 13.1. The second kappa shape index (κ2) is 10.9. The van der Waals surface area contributed by atoms with Crippen LogP contribution < -0.4 is 0 Å². The Morgan fingerprint density at radius 2 is 0.944 bits per heavy atom. The molecule has 0 atom stereocenters. The number of unbranched alkanes of at least 4 members (excludes halogenated alkanes) is 6. The Balaban J connectivity index is 1.94. The normalized spacial score (nSPS) is 24.3. The van der Waals surface area contributed by atoms with Crippen LogP contribution in [0.4, 0.5) is 0 Å². The first-order valence-corrected chi connectivity index (χ1v) is 8.86. The lowest BCUT2D eigenvalue weighted by Gasteiger charge is -2.28. The van der Waals surface area contributed by atoms with Crippen LogP contribution in [0.5, 0.6) is 0 Å². The van der Waals surface area contributed by atoms with Gasteiger partial charge in [-0.3, -0.25) is 0 Å². The highest BCUT2D eigenvalue weighted by atomic mass is 14.3. The predicted octanol–water partition coefficient (Wildman–Crippen LogP) is 6.73. The molecule has 1 rings (SSSR count). The van der Waals surface area contributed by atoms with E-state index in [1.807, 2.05) is 0 Å². The van der Waals surface area contributed by atoms with Crippen molar-refractivity contribution in [3.63, 3.8) is 0 Å². The fourth-order valence-electron chi connectivity index (χ4n) is 3.53. The molecule has 18 heavy (non-hydrogen) atoms. The predicted molar refractivity (Wildman–Crippen MR) is 83.0 cm³/mol. The molecule has 0 amide bonds. The smallest absolute Gasteiger partial charge is 0.0414 e. The molecule has 1 aliphatic carbocycles. The summed E-state index contributed by atoms with van der Waals surface area (Å²) in [6.07, 6.45) is 20.9. The Morgan fingerprint density at radius 3 is 1.44 bits per heavy atom. The average molecular weight is 252 g/mol. The van der Waals surface area contributed by atoms with E-state index in [0.717, 1.165) is 11.8 Å². The molecule has 0 nitrogen and oxygen atoms in total. The van der Waals surface area contributed by atoms with Crippen molar-refractivity contribution < 1.29 is 0 Å². The van der Waals surface area contributed by atoms with Gasteiger partial charge >= 0.3 is 0 Å². The lowest BCUT2D eigenvalue weighted by molar-refractivity contribution is 0.244. The van der Waals surface area contributed by atoms with Crippen molar-refractivity contribution in [3.8, 4) is 0 Å². The van der Waals surface area contributed by atoms with Gasteiger partial charge in [-0.25, -0.2) is 0 Å². The summed E-state index contributed by atoms with van der Waals surface area (Å²) in [5.41, 5.74) is 0. The number of hydrogen-bond donors (Lipinski definition) is 0. The minimum atomic E-state index is 1.09. The van der Waals surface area contributed by atoms with Gasteiger partial charge in [-0.05, 0) is 11.8 Å². The zero-order chi connectivity index (χ0) is 13.1. The van der Waals surface area contributed by atoms with E-state index in [-0.39, 0.29) is 0 Å². The Hall–Kier alpha value is 0. The van der Waals surface area contributed by atoms with Gasteiger partial charge in [0.1, 0.15) is 0 Å². The van der Waals surface area contributed by atoms with Gasteiger partial charge in [-0.1, -0.05) is 104 Å². The zero-order valence-corrected chi connectivity index (χ0v) is 13.1. The van der Waals surface area contributed by atoms with Gasteiger partial charge in [0.15, 0.2) is 0 Å². The molecule has 0 N–H and O–H groups in total. The molecule has 0 unspecified atom stereocenters. The number of hydrogen-bond acceptors (Lipinski definition) is 0. The molecule has 0 heterocycles. The molecule has 0 saturated heterocycles. The highest BCUT2D eigenvalue weighted by Gasteiger charge is 2.20. The Labute approximate surface area is 116 Å². The number of rotatable bonds is 10. The van der Waals surface area contributed by atoms with E-state index in [0.29, 0.717) is 0 Å². The van der Waals surface area contributed by atoms with E-state index in [4.69, 9.17) is 0 Å². The maximum Gasteiger partial charge on any atom is -0.0414 e. The summed E-state index contributed by atoms with van der Waals surface area (Å²) in [5.74, 6) is 2.18. The molecule has 1 aliphatic rings. The van der Waals surface area contributed by atoms with Crippen LogP contribution in [0.15, 0.2) is 0 Å². The van der Waals surface area contributed by atoms with Gasteiger partial charge in [0.2, 0.25) is 0 Å². The molecular formula is C18H36. The molecule has 1 fully saturated rings. The standard InChI is InChI=1S/C18H36/c1-3-5-7-8-10-12-18-15-13-17(14-16-18)11-9-6-4-2/h17-18H,3-16H2,1-2H3. The first kappa shape index (κ1) is 16.1. The molecule has 0 aromatic rings. The molecule has 0 spiro atoms. The van der Waals surface area contributed by atoms with Gasteiger partial charge in [0, 0.05) is 0 Å². The summed E-state index contributed by atoms with van der Waals surface area (Å²) in [7, 11) is 0. The average Bonchev–Trinajstić information content (AvgIpc) is 2.40. The Kier molecular flexibility index (Phi) is 9.70. The van der Waals surface area contributed by atoms with Gasteiger partial charge in [0.05, 0.1) is 0 Å². The SMILES string of the molecule is CCCCCCCC1CCC(CCCCC)CC1. The summed E-state index contributed by atoms with van der Waals surface area (Å²) in [6, 6.07) is 0. The van der Waals surface area contributed by atoms with E-state index in [2.05, 4.69) is 13.8 Å². The highest BCUT2D eigenvalue weighted by molar-refractivity contribution is 4.72. The van der Waals surface area contributed by atoms with E-state index >= 15 is 0 Å². The van der Waals surface area contributed by atoms with Crippen molar-refractivity contribution in [2.45, 2.75) is 104 Å². The molecule has 1 saturated carbocycles. The third-order valence-electron chi connectivity index (χ3n) is 4.90. The van der Waals surface area contributed by atoms with Gasteiger partial charge in [-0.2, -0.15) is 0 Å². The Bertz CT molecular complexity index is 165. The minimum Gasteiger partial charge on any atom is -0.0654 e. The maximum absolute atomic E-state index is 2.31. The lowest BCUT2D eigenvalue weighted by Crippen LogP contribution is -2.14. The second-order valence-corrected chi connectivity index (χ2v) is 6.59. The van der Waals surface area contributed by atoms with Crippen LogP contribution in [-0.4, -0.2) is 0 Å². The molecule has 0 heteroatoms. The quantitative estimate of drug-likeness (QED) is 0.378. The van der Waals surface area contributed by atoms with Crippen molar-refractivity contribution in [1.82, 2.24) is 0 Å². The van der Waals surface area contributed by atoms with Crippen LogP contribution >= 0.6 is 0 Å². The molecule has 0 aromatic heterocycles. The minimum absolute atomic E-state index is 1.09. The topological polar surface area (TPSA) is 0 Å². The van der Waals surface area contributed by atoms with E-state index < -0.39 is 0 Å². The molecule has 0 bridgehead atoms. The first-order valence-electron chi connectivity index (χ1n) is 8.86. The van der Waals surface area contributed by atoms with Crippen LogP contribution in [0, 0.1) is 11.8 Å². The third kappa shape index (κ3) is 7.44. The maximum atomic E-state index is 2.31. The van der Waals surface area contributed by atoms with Crippen LogP contribution in [0.1, 0.15) is 104 Å². The molecule has 108 valence electrons. The molecule has 0 aromatic carbocycles. The first-order chi connectivity index (χ1) is 8.86. The fourth-order valence-corrected chi connectivity index (χ4v) is 3.53. The lowest BCUT2D eigenvalue weighted by atomic mass is 9.78. The molecule has 0 radical (unpaired) electrons. The van der Waals surface area contributed by atoms with Gasteiger partial charge < -0.3 is 0 Å². The van der Waals surface area contributed by atoms with Crippen molar-refractivity contribution in [2.75, 3.05) is 0 Å². The van der Waals surface area contributed by atoms with Crippen molar-refractivity contribution in [2.24, 2.45) is 11.8 Å². The van der Waals surface area contributed by atoms with Crippen LogP contribution in [0.3, 0.4) is 0 Å². The van der Waals surface area contributed by atoms with Crippen LogP contribution in [0.2, 0.25) is 0 Å². The van der Waals surface area contributed by atoms with Crippen molar-refractivity contribution in [1.29, 1.82) is 0 Å². The van der Waals surface area contributed by atoms with E-state index in [1.165, 1.54) is 64.2 Å². The summed E-state index contributed by atoms with van der Waals surface area (Å²) in [5, 5.41) is 0. The monoisotopic (exact) mass is 252 g/mol. The summed E-state index contributed by atoms with van der Waals surface area (Å²) in [4.78, 5) is 0. The molecular weight excluding hydrogens is 216 g/mol. The van der Waals surface area contributed by atoms with E-state index in [1.54, 1.807) is 25.7 Å². The largest absolute Gasteiger partial charge is 0.0654 e. The van der Waals surface area contributed by atoms with Gasteiger partial charge in [0.25, 0.3) is 0 Å². The second-order valence-electron chi connectivity index (χ2n) is 6.59. The highest BCUT2D eigenvalue weighted by Crippen LogP contribution is 2.34. The van der Waals surface area contributed by atoms with Crippen LogP contribution in [0.25, 0.3) is 0 Å². The van der Waals surface area contributed by atoms with Gasteiger partial charge in [-0.15, -0.1) is 0 Å². The summed E-state index contributed by atoms with van der Waals surface area (Å²) in [6.45, 7) is 4.62. The van der Waals surface area contributed by atoms with Crippen molar-refractivity contribution >= 4 is 0 Å². The molecule has 0 aliphatic heterocycles. The summed E-state index contributed by atoms with van der Waals surface area (Å²) < 4.78 is 0.